The summed E-state index contributed by atoms with van der Waals surface area (Å²) in [7, 11) is 0. The number of fused-ring (bicyclic) bond motifs is 8. The van der Waals surface area contributed by atoms with E-state index in [2.05, 4.69) is 276 Å². The lowest BCUT2D eigenvalue weighted by Crippen LogP contribution is -2.28. The molecule has 0 aliphatic heterocycles. The number of anilines is 3. The molecule has 0 amide bonds. The fourth-order valence-corrected chi connectivity index (χ4v) is 11.1. The van der Waals surface area contributed by atoms with E-state index in [0.29, 0.717) is 0 Å². The Morgan fingerprint density at radius 2 is 0.836 bits per heavy atom. The van der Waals surface area contributed by atoms with Gasteiger partial charge in [0, 0.05) is 38.9 Å². The number of hydrogen-bond acceptors (Lipinski definition) is 1. The Bertz CT molecular complexity index is 3720. The van der Waals surface area contributed by atoms with Gasteiger partial charge < -0.3 is 9.47 Å². The largest absolute Gasteiger partial charge is 0.310 e. The second-order valence-corrected chi connectivity index (χ2v) is 17.6. The third-order valence-electron chi connectivity index (χ3n) is 14.1. The third-order valence-corrected chi connectivity index (χ3v) is 14.1. The molecule has 12 aromatic rings. The van der Waals surface area contributed by atoms with Crippen LogP contribution < -0.4 is 4.90 Å². The number of rotatable bonds is 8. The van der Waals surface area contributed by atoms with Gasteiger partial charge in [0.05, 0.1) is 16.4 Å². The molecule has 0 bridgehead atoms. The van der Waals surface area contributed by atoms with Gasteiger partial charge >= 0.3 is 0 Å². The van der Waals surface area contributed by atoms with Crippen LogP contribution in [0.2, 0.25) is 0 Å². The molecule has 314 valence electrons. The molecule has 2 heteroatoms. The molecular weight excluding hydrogens is 809 g/mol. The molecule has 2 nitrogen and oxygen atoms in total. The van der Waals surface area contributed by atoms with Crippen molar-refractivity contribution in [2.45, 2.75) is 5.41 Å². The van der Waals surface area contributed by atoms with E-state index < -0.39 is 5.41 Å². The monoisotopic (exact) mass is 852 g/mol. The summed E-state index contributed by atoms with van der Waals surface area (Å²) < 4.78 is 2.43. The number of hydrogen-bond donors (Lipinski definition) is 0. The van der Waals surface area contributed by atoms with Crippen LogP contribution in [-0.2, 0) is 5.41 Å². The van der Waals surface area contributed by atoms with E-state index in [0.717, 1.165) is 17.1 Å². The average molecular weight is 853 g/mol. The van der Waals surface area contributed by atoms with Gasteiger partial charge in [0.1, 0.15) is 0 Å². The highest BCUT2D eigenvalue weighted by Gasteiger charge is 2.46. The second-order valence-electron chi connectivity index (χ2n) is 17.6. The van der Waals surface area contributed by atoms with Crippen LogP contribution in [0.5, 0.6) is 0 Å². The zero-order valence-corrected chi connectivity index (χ0v) is 36.8. The molecule has 0 spiro atoms. The Morgan fingerprint density at radius 1 is 0.313 bits per heavy atom. The summed E-state index contributed by atoms with van der Waals surface area (Å²) in [5.41, 5.74) is 18.9. The Morgan fingerprint density at radius 3 is 1.54 bits per heavy atom. The van der Waals surface area contributed by atoms with Crippen molar-refractivity contribution >= 4 is 49.6 Å². The molecule has 1 aliphatic rings. The quantitative estimate of drug-likeness (QED) is 0.148. The Hall–Kier alpha value is -8.72. The summed E-state index contributed by atoms with van der Waals surface area (Å²) in [6.07, 6.45) is 0. The van der Waals surface area contributed by atoms with Crippen molar-refractivity contribution in [2.24, 2.45) is 0 Å². The van der Waals surface area contributed by atoms with Crippen molar-refractivity contribution in [2.75, 3.05) is 4.90 Å². The minimum absolute atomic E-state index is 0.482. The van der Waals surface area contributed by atoms with Crippen LogP contribution in [-0.4, -0.2) is 4.57 Å². The van der Waals surface area contributed by atoms with Crippen LogP contribution in [0.15, 0.2) is 267 Å². The maximum Gasteiger partial charge on any atom is 0.0714 e. The van der Waals surface area contributed by atoms with Crippen molar-refractivity contribution in [3.8, 4) is 39.1 Å². The summed E-state index contributed by atoms with van der Waals surface area (Å²) >= 11 is 0. The summed E-state index contributed by atoms with van der Waals surface area (Å²) in [4.78, 5) is 2.39. The van der Waals surface area contributed by atoms with Gasteiger partial charge in [0.2, 0.25) is 0 Å². The first kappa shape index (κ1) is 38.7. The fourth-order valence-electron chi connectivity index (χ4n) is 11.1. The van der Waals surface area contributed by atoms with Gasteiger partial charge in [0.25, 0.3) is 0 Å². The lowest BCUT2D eigenvalue weighted by atomic mass is 9.67. The van der Waals surface area contributed by atoms with Crippen LogP contribution in [0.25, 0.3) is 71.6 Å². The lowest BCUT2D eigenvalue weighted by Gasteiger charge is -2.35. The molecule has 0 N–H and O–H groups in total. The van der Waals surface area contributed by atoms with Gasteiger partial charge in [-0.2, -0.15) is 0 Å². The third kappa shape index (κ3) is 6.18. The standard InChI is InChI=1S/C65H44N2/c1-5-18-50(19-6-1)65(51-20-7-2-8-21-51)61-28-16-15-27-57(61)58-41-39-55(44-62(58)65)66(52-22-9-3-10-23-52)54-37-33-46(34-38-54)45-29-31-47(32-30-45)49-36-42-63-60(43-49)59-40-35-48-17-13-14-26-56(48)64(59)67(63)53-24-11-4-12-25-53/h1-44H. The van der Waals surface area contributed by atoms with Crippen molar-refractivity contribution in [1.82, 2.24) is 4.57 Å². The molecule has 0 saturated carbocycles. The Balaban J connectivity index is 0.873. The molecule has 0 saturated heterocycles. The number of aromatic nitrogens is 1. The predicted molar refractivity (Wildman–Crippen MR) is 281 cm³/mol. The van der Waals surface area contributed by atoms with Gasteiger partial charge in [-0.05, 0) is 122 Å². The van der Waals surface area contributed by atoms with Gasteiger partial charge in [-0.25, -0.2) is 0 Å². The number of para-hydroxylation sites is 2. The summed E-state index contributed by atoms with van der Waals surface area (Å²) in [6.45, 7) is 0. The maximum absolute atomic E-state index is 2.44. The van der Waals surface area contributed by atoms with Crippen molar-refractivity contribution in [1.29, 1.82) is 0 Å². The fraction of sp³-hybridized carbons (Fsp3) is 0.0154. The first-order chi connectivity index (χ1) is 33.2. The molecule has 0 unspecified atom stereocenters. The van der Waals surface area contributed by atoms with Crippen LogP contribution in [0.1, 0.15) is 22.3 Å². The van der Waals surface area contributed by atoms with Gasteiger partial charge in [-0.15, -0.1) is 0 Å². The molecule has 0 fully saturated rings. The average Bonchev–Trinajstić information content (AvgIpc) is 3.90. The number of nitrogens with zero attached hydrogens (tertiary/aromatic N) is 2. The predicted octanol–water partition coefficient (Wildman–Crippen LogP) is 17.1. The molecule has 0 radical (unpaired) electrons. The molecule has 67 heavy (non-hydrogen) atoms. The maximum atomic E-state index is 2.44. The first-order valence-electron chi connectivity index (χ1n) is 23.2. The molecule has 13 rings (SSSR count). The van der Waals surface area contributed by atoms with Crippen LogP contribution >= 0.6 is 0 Å². The van der Waals surface area contributed by atoms with E-state index in [-0.39, 0.29) is 0 Å². The van der Waals surface area contributed by atoms with E-state index in [4.69, 9.17) is 0 Å². The van der Waals surface area contributed by atoms with Crippen molar-refractivity contribution in [3.63, 3.8) is 0 Å². The van der Waals surface area contributed by atoms with Gasteiger partial charge in [0.15, 0.2) is 0 Å². The number of benzene rings is 11. The zero-order valence-electron chi connectivity index (χ0n) is 36.8. The van der Waals surface area contributed by atoms with Crippen LogP contribution in [0.4, 0.5) is 17.1 Å². The molecule has 0 atom stereocenters. The molecule has 1 aromatic heterocycles. The van der Waals surface area contributed by atoms with Gasteiger partial charge in [-0.1, -0.05) is 206 Å². The van der Waals surface area contributed by atoms with E-state index in [1.54, 1.807) is 0 Å². The highest BCUT2D eigenvalue weighted by molar-refractivity contribution is 6.19. The Kier molecular flexibility index (Phi) is 9.11. The topological polar surface area (TPSA) is 8.17 Å². The van der Waals surface area contributed by atoms with E-state index in [1.807, 2.05) is 0 Å². The van der Waals surface area contributed by atoms with Gasteiger partial charge in [-0.3, -0.25) is 0 Å². The second kappa shape index (κ2) is 15.8. The SMILES string of the molecule is c1ccc(N(c2ccc(-c3ccc(-c4ccc5c(c4)c4ccc6ccccc6c4n5-c4ccccc4)cc3)cc2)c2ccc3c(c2)C(c2ccccc2)(c2ccccc2)c2ccccc2-3)cc1. The highest BCUT2D eigenvalue weighted by atomic mass is 15.1. The minimum atomic E-state index is -0.482. The summed E-state index contributed by atoms with van der Waals surface area (Å²) in [5, 5.41) is 5.02. The summed E-state index contributed by atoms with van der Waals surface area (Å²) in [5.74, 6) is 0. The van der Waals surface area contributed by atoms with E-state index in [9.17, 15) is 0 Å². The molecule has 1 heterocycles. The van der Waals surface area contributed by atoms with E-state index >= 15 is 0 Å². The van der Waals surface area contributed by atoms with Crippen molar-refractivity contribution in [3.05, 3.63) is 289 Å². The Labute approximate surface area is 390 Å². The smallest absolute Gasteiger partial charge is 0.0714 e. The lowest BCUT2D eigenvalue weighted by molar-refractivity contribution is 0.768. The van der Waals surface area contributed by atoms with E-state index in [1.165, 1.54) is 93.9 Å². The first-order valence-corrected chi connectivity index (χ1v) is 23.2. The van der Waals surface area contributed by atoms with Crippen LogP contribution in [0.3, 0.4) is 0 Å². The van der Waals surface area contributed by atoms with Crippen LogP contribution in [0, 0.1) is 0 Å². The molecule has 1 aliphatic carbocycles. The minimum Gasteiger partial charge on any atom is -0.310 e. The normalized spacial score (nSPS) is 12.6. The summed E-state index contributed by atoms with van der Waals surface area (Å²) in [6, 6.07) is 97.9. The molecular formula is C65H44N2. The van der Waals surface area contributed by atoms with Crippen molar-refractivity contribution < 1.29 is 0 Å². The highest BCUT2D eigenvalue weighted by Crippen LogP contribution is 2.57. The molecule has 11 aromatic carbocycles. The zero-order chi connectivity index (χ0) is 44.3.